The number of aromatic hydroxyl groups is 1. The van der Waals surface area contributed by atoms with E-state index in [1.54, 1.807) is 6.07 Å². The first-order chi connectivity index (χ1) is 11.9. The summed E-state index contributed by atoms with van der Waals surface area (Å²) in [6, 6.07) is 7.43. The van der Waals surface area contributed by atoms with E-state index in [-0.39, 0.29) is 34.6 Å². The van der Waals surface area contributed by atoms with Gasteiger partial charge >= 0.3 is 0 Å². The molecule has 1 aromatic heterocycles. The second-order valence-electron chi connectivity index (χ2n) is 4.97. The van der Waals surface area contributed by atoms with E-state index < -0.39 is 24.0 Å². The zero-order valence-corrected chi connectivity index (χ0v) is 13.1. The Morgan fingerprint density at radius 1 is 1.36 bits per heavy atom. The maximum absolute atomic E-state index is 12.4. The third-order valence-electron chi connectivity index (χ3n) is 3.47. The molecule has 0 fully saturated rings. The Hall–Kier alpha value is -3.51. The first-order valence-corrected chi connectivity index (χ1v) is 7.11. The number of aromatic nitrogens is 1. The van der Waals surface area contributed by atoms with Gasteiger partial charge in [-0.3, -0.25) is 9.36 Å². The smallest absolute Gasteiger partial charge is 0.281 e. The fourth-order valence-corrected chi connectivity index (χ4v) is 2.20. The lowest BCUT2D eigenvalue weighted by Gasteiger charge is -2.11. The van der Waals surface area contributed by atoms with Crippen LogP contribution in [0.1, 0.15) is 21.5 Å². The Bertz CT molecular complexity index is 956. The number of rotatable bonds is 5. The number of aliphatic hydroxyl groups excluding tert-OH is 1. The average Bonchev–Trinajstić information content (AvgIpc) is 2.59. The summed E-state index contributed by atoms with van der Waals surface area (Å²) >= 11 is 0. The van der Waals surface area contributed by atoms with Crippen LogP contribution in [-0.2, 0) is 6.54 Å². The molecule has 1 aromatic carbocycles. The fourth-order valence-electron chi connectivity index (χ4n) is 2.20. The van der Waals surface area contributed by atoms with Gasteiger partial charge in [-0.05, 0) is 13.0 Å². The average molecular weight is 341 g/mol. The molecule has 2 rings (SSSR count). The number of aromatic carboxylic acids is 1. The topological polar surface area (TPSA) is 151 Å². The molecular weight excluding hydrogens is 328 g/mol. The number of carboxylic acids is 1. The van der Waals surface area contributed by atoms with Gasteiger partial charge in [0.1, 0.15) is 11.6 Å². The van der Waals surface area contributed by atoms with Gasteiger partial charge < -0.3 is 20.1 Å². The van der Waals surface area contributed by atoms with Crippen molar-refractivity contribution in [2.24, 2.45) is 10.2 Å². The van der Waals surface area contributed by atoms with Gasteiger partial charge in [-0.2, -0.15) is 5.26 Å². The first kappa shape index (κ1) is 17.8. The molecule has 0 aliphatic heterocycles. The summed E-state index contributed by atoms with van der Waals surface area (Å²) < 4.78 is 0.796. The molecule has 128 valence electrons. The molecule has 0 aliphatic carbocycles. The molecule has 9 nitrogen and oxygen atoms in total. The summed E-state index contributed by atoms with van der Waals surface area (Å²) in [5.74, 6) is -2.03. The van der Waals surface area contributed by atoms with Crippen LogP contribution >= 0.6 is 0 Å². The van der Waals surface area contributed by atoms with Crippen molar-refractivity contribution in [3.05, 3.63) is 51.3 Å². The highest BCUT2D eigenvalue weighted by Crippen LogP contribution is 2.27. The summed E-state index contributed by atoms with van der Waals surface area (Å²) in [5.41, 5.74) is -1.33. The zero-order chi connectivity index (χ0) is 18.6. The second-order valence-corrected chi connectivity index (χ2v) is 4.97. The minimum absolute atomic E-state index is 0.0263. The van der Waals surface area contributed by atoms with Gasteiger partial charge in [0.15, 0.2) is 5.69 Å². The van der Waals surface area contributed by atoms with Crippen LogP contribution in [0.2, 0.25) is 0 Å². The Morgan fingerprint density at radius 3 is 2.64 bits per heavy atom. The molecule has 0 atom stereocenters. The maximum Gasteiger partial charge on any atom is 0.281 e. The van der Waals surface area contributed by atoms with Crippen LogP contribution in [0, 0.1) is 18.3 Å². The third kappa shape index (κ3) is 3.39. The van der Waals surface area contributed by atoms with Gasteiger partial charge in [0.2, 0.25) is 5.88 Å². The van der Waals surface area contributed by atoms with E-state index in [1.165, 1.54) is 31.2 Å². The maximum atomic E-state index is 12.4. The first-order valence-electron chi connectivity index (χ1n) is 7.11. The highest BCUT2D eigenvalue weighted by Gasteiger charge is 2.18. The molecule has 0 bridgehead atoms. The molecule has 0 aliphatic rings. The van der Waals surface area contributed by atoms with E-state index in [0.717, 1.165) is 4.57 Å². The minimum atomic E-state index is -1.45. The highest BCUT2D eigenvalue weighted by molar-refractivity contribution is 5.91. The van der Waals surface area contributed by atoms with Crippen molar-refractivity contribution in [3.63, 3.8) is 0 Å². The Kier molecular flexibility index (Phi) is 5.26. The number of carbonyl (C=O) groups excluding carboxylic acids is 1. The third-order valence-corrected chi connectivity index (χ3v) is 3.47. The summed E-state index contributed by atoms with van der Waals surface area (Å²) in [6.07, 6.45) is 0. The standard InChI is InChI=1S/C16H14N4O5/c1-9-11(8-17)14(22)20(6-7-21)15(23)13(9)19-18-12-5-3-2-4-10(12)16(24)25/h2-5,21-22H,6-7H2,1H3,(H,24,25)/p-1. The van der Waals surface area contributed by atoms with Crippen molar-refractivity contribution in [3.8, 4) is 11.9 Å². The van der Waals surface area contributed by atoms with E-state index in [2.05, 4.69) is 10.2 Å². The van der Waals surface area contributed by atoms with Gasteiger partial charge in [0.25, 0.3) is 5.56 Å². The number of aliphatic hydroxyl groups is 1. The van der Waals surface area contributed by atoms with Crippen LogP contribution in [0.5, 0.6) is 5.88 Å². The molecule has 0 saturated carbocycles. The normalized spacial score (nSPS) is 10.8. The number of azo groups is 1. The van der Waals surface area contributed by atoms with E-state index in [4.69, 9.17) is 10.4 Å². The molecule has 0 saturated heterocycles. The van der Waals surface area contributed by atoms with Crippen LogP contribution in [0.3, 0.4) is 0 Å². The van der Waals surface area contributed by atoms with Gasteiger partial charge in [0.05, 0.1) is 24.8 Å². The number of carbonyl (C=O) groups is 1. The number of hydrogen-bond donors (Lipinski definition) is 2. The van der Waals surface area contributed by atoms with Crippen LogP contribution in [0.25, 0.3) is 0 Å². The monoisotopic (exact) mass is 341 g/mol. The van der Waals surface area contributed by atoms with Crippen LogP contribution in [0.15, 0.2) is 39.3 Å². The Labute approximate surface area is 141 Å². The molecule has 1 heterocycles. The Morgan fingerprint density at radius 2 is 2.04 bits per heavy atom. The number of nitriles is 1. The van der Waals surface area contributed by atoms with Gasteiger partial charge in [0, 0.05) is 11.1 Å². The Balaban J connectivity index is 2.65. The summed E-state index contributed by atoms with van der Waals surface area (Å²) in [6.45, 7) is 0.727. The van der Waals surface area contributed by atoms with E-state index in [1.807, 2.05) is 0 Å². The molecule has 0 amide bonds. The molecule has 0 radical (unpaired) electrons. The lowest BCUT2D eigenvalue weighted by atomic mass is 10.1. The fraction of sp³-hybridized carbons (Fsp3) is 0.188. The number of benzene rings is 1. The summed E-state index contributed by atoms with van der Waals surface area (Å²) in [5, 5.41) is 46.8. The van der Waals surface area contributed by atoms with Crippen LogP contribution in [-0.4, -0.2) is 27.4 Å². The molecule has 0 unspecified atom stereocenters. The van der Waals surface area contributed by atoms with Crippen molar-refractivity contribution in [2.75, 3.05) is 6.61 Å². The highest BCUT2D eigenvalue weighted by atomic mass is 16.4. The number of nitrogens with zero attached hydrogens (tertiary/aromatic N) is 4. The predicted molar refractivity (Wildman–Crippen MR) is 83.9 cm³/mol. The van der Waals surface area contributed by atoms with Crippen molar-refractivity contribution in [1.82, 2.24) is 4.57 Å². The van der Waals surface area contributed by atoms with E-state index in [9.17, 15) is 19.8 Å². The quantitative estimate of drug-likeness (QED) is 0.756. The predicted octanol–water partition coefficient (Wildman–Crippen LogP) is 0.505. The lowest BCUT2D eigenvalue weighted by Crippen LogP contribution is -2.23. The van der Waals surface area contributed by atoms with Crippen molar-refractivity contribution in [1.29, 1.82) is 5.26 Å². The van der Waals surface area contributed by atoms with E-state index in [0.29, 0.717) is 0 Å². The van der Waals surface area contributed by atoms with Crippen LogP contribution in [0.4, 0.5) is 11.4 Å². The van der Waals surface area contributed by atoms with Crippen LogP contribution < -0.4 is 10.7 Å². The largest absolute Gasteiger partial charge is 0.545 e. The molecule has 0 spiro atoms. The summed E-state index contributed by atoms with van der Waals surface area (Å²) in [4.78, 5) is 23.5. The zero-order valence-electron chi connectivity index (χ0n) is 13.1. The molecule has 2 aromatic rings. The molecular formula is C16H13N4O5-. The van der Waals surface area contributed by atoms with Crippen molar-refractivity contribution in [2.45, 2.75) is 13.5 Å². The second kappa shape index (κ2) is 7.37. The van der Waals surface area contributed by atoms with Gasteiger partial charge in [-0.1, -0.05) is 18.2 Å². The number of pyridine rings is 1. The summed E-state index contributed by atoms with van der Waals surface area (Å²) in [7, 11) is 0. The SMILES string of the molecule is Cc1c(C#N)c(O)n(CCO)c(=O)c1N=Nc1ccccc1C(=O)[O-]. The van der Waals surface area contributed by atoms with Crippen molar-refractivity contribution < 1.29 is 20.1 Å². The van der Waals surface area contributed by atoms with Gasteiger partial charge in [-0.25, -0.2) is 0 Å². The lowest BCUT2D eigenvalue weighted by molar-refractivity contribution is -0.254. The van der Waals surface area contributed by atoms with Crippen molar-refractivity contribution >= 4 is 17.3 Å². The minimum Gasteiger partial charge on any atom is -0.545 e. The molecule has 25 heavy (non-hydrogen) atoms. The number of carboxylic acid groups (broad SMARTS) is 1. The number of hydrogen-bond acceptors (Lipinski definition) is 8. The van der Waals surface area contributed by atoms with E-state index >= 15 is 0 Å². The molecule has 2 N–H and O–H groups in total. The van der Waals surface area contributed by atoms with Gasteiger partial charge in [-0.15, -0.1) is 10.2 Å². The molecule has 9 heteroatoms.